The highest BCUT2D eigenvalue weighted by atomic mass is 35.5. The van der Waals surface area contributed by atoms with E-state index in [9.17, 15) is 9.59 Å². The molecule has 140 valence electrons. The molecule has 0 aliphatic rings. The Kier molecular flexibility index (Phi) is 5.81. The largest absolute Gasteiger partial charge is 0.469 e. The number of hydrogen-bond acceptors (Lipinski definition) is 3. The Hall–Kier alpha value is -2.79. The zero-order valence-electron chi connectivity index (χ0n) is 15.2. The van der Waals surface area contributed by atoms with Crippen molar-refractivity contribution in [3.63, 3.8) is 0 Å². The number of aromatic nitrogens is 1. The molecule has 1 atom stereocenters. The molecule has 6 heteroatoms. The standard InChI is InChI=1S/C21H21ClN2O3/c1-14(21(26)27-2)12-24(13-15-6-4-3-5-7-15)20(25)19-10-16-8-9-17(22)11-18(16)23-19/h3-11,14,23H,12-13H2,1-2H3. The molecule has 1 N–H and O–H groups in total. The van der Waals surface area contributed by atoms with Gasteiger partial charge in [0.15, 0.2) is 0 Å². The average Bonchev–Trinajstić information content (AvgIpc) is 3.10. The Morgan fingerprint density at radius 1 is 1.15 bits per heavy atom. The van der Waals surface area contributed by atoms with E-state index in [0.29, 0.717) is 17.3 Å². The summed E-state index contributed by atoms with van der Waals surface area (Å²) in [5, 5.41) is 1.51. The van der Waals surface area contributed by atoms with Gasteiger partial charge in [-0.05, 0) is 23.8 Å². The first-order valence-electron chi connectivity index (χ1n) is 8.67. The predicted molar refractivity (Wildman–Crippen MR) is 106 cm³/mol. The number of halogens is 1. The van der Waals surface area contributed by atoms with E-state index in [1.165, 1.54) is 7.11 Å². The lowest BCUT2D eigenvalue weighted by Crippen LogP contribution is -2.37. The summed E-state index contributed by atoms with van der Waals surface area (Å²) in [6, 6.07) is 16.9. The van der Waals surface area contributed by atoms with Gasteiger partial charge in [0.1, 0.15) is 5.69 Å². The van der Waals surface area contributed by atoms with Crippen molar-refractivity contribution in [2.24, 2.45) is 5.92 Å². The highest BCUT2D eigenvalue weighted by molar-refractivity contribution is 6.31. The topological polar surface area (TPSA) is 62.4 Å². The smallest absolute Gasteiger partial charge is 0.310 e. The van der Waals surface area contributed by atoms with E-state index in [2.05, 4.69) is 4.98 Å². The van der Waals surface area contributed by atoms with E-state index < -0.39 is 5.92 Å². The number of methoxy groups -OCH3 is 1. The minimum absolute atomic E-state index is 0.179. The van der Waals surface area contributed by atoms with Crippen LogP contribution in [0.3, 0.4) is 0 Å². The second-order valence-electron chi connectivity index (χ2n) is 6.51. The first-order chi connectivity index (χ1) is 13.0. The van der Waals surface area contributed by atoms with Crippen LogP contribution in [0.15, 0.2) is 54.6 Å². The Bertz CT molecular complexity index is 952. The number of H-pyrrole nitrogens is 1. The number of benzene rings is 2. The van der Waals surface area contributed by atoms with Crippen LogP contribution >= 0.6 is 11.6 Å². The van der Waals surface area contributed by atoms with Crippen LogP contribution in [0.1, 0.15) is 23.0 Å². The number of rotatable bonds is 6. The summed E-state index contributed by atoms with van der Waals surface area (Å²) < 4.78 is 4.81. The monoisotopic (exact) mass is 384 g/mol. The maximum atomic E-state index is 13.2. The third kappa shape index (κ3) is 4.49. The molecule has 5 nitrogen and oxygen atoms in total. The minimum atomic E-state index is -0.429. The van der Waals surface area contributed by atoms with Gasteiger partial charge in [-0.3, -0.25) is 9.59 Å². The summed E-state index contributed by atoms with van der Waals surface area (Å²) in [5.41, 5.74) is 2.24. The van der Waals surface area contributed by atoms with Crippen LogP contribution in [0, 0.1) is 5.92 Å². The number of carbonyl (C=O) groups is 2. The fourth-order valence-electron chi connectivity index (χ4n) is 3.01. The Morgan fingerprint density at radius 3 is 2.59 bits per heavy atom. The summed E-state index contributed by atoms with van der Waals surface area (Å²) in [6.07, 6.45) is 0. The van der Waals surface area contributed by atoms with Crippen LogP contribution in [0.25, 0.3) is 10.9 Å². The Labute approximate surface area is 162 Å². The van der Waals surface area contributed by atoms with E-state index in [1.54, 1.807) is 30.0 Å². The highest BCUT2D eigenvalue weighted by Crippen LogP contribution is 2.21. The second kappa shape index (κ2) is 8.27. The lowest BCUT2D eigenvalue weighted by atomic mass is 10.1. The molecular formula is C21H21ClN2O3. The molecule has 1 heterocycles. The lowest BCUT2D eigenvalue weighted by molar-refractivity contribution is -0.145. The molecule has 3 aromatic rings. The van der Waals surface area contributed by atoms with Crippen molar-refractivity contribution in [3.8, 4) is 0 Å². The van der Waals surface area contributed by atoms with Crippen LogP contribution in [-0.2, 0) is 16.1 Å². The Balaban J connectivity index is 1.89. The van der Waals surface area contributed by atoms with Gasteiger partial charge in [-0.1, -0.05) is 54.9 Å². The third-order valence-corrected chi connectivity index (χ3v) is 4.65. The fourth-order valence-corrected chi connectivity index (χ4v) is 3.19. The lowest BCUT2D eigenvalue weighted by Gasteiger charge is -2.24. The van der Waals surface area contributed by atoms with E-state index in [0.717, 1.165) is 16.5 Å². The summed E-state index contributed by atoms with van der Waals surface area (Å²) >= 11 is 6.03. The van der Waals surface area contributed by atoms with Crippen LogP contribution in [0.4, 0.5) is 0 Å². The number of fused-ring (bicyclic) bond motifs is 1. The highest BCUT2D eigenvalue weighted by Gasteiger charge is 2.24. The molecule has 0 fully saturated rings. The molecule has 0 saturated carbocycles. The van der Waals surface area contributed by atoms with Crippen LogP contribution < -0.4 is 0 Å². The molecule has 0 spiro atoms. The van der Waals surface area contributed by atoms with Crippen LogP contribution in [-0.4, -0.2) is 35.4 Å². The van der Waals surface area contributed by atoms with Gasteiger partial charge in [-0.25, -0.2) is 0 Å². The molecule has 0 bridgehead atoms. The molecule has 0 aliphatic heterocycles. The quantitative estimate of drug-likeness (QED) is 0.645. The zero-order valence-corrected chi connectivity index (χ0v) is 16.0. The number of aromatic amines is 1. The van der Waals surface area contributed by atoms with Crippen molar-refractivity contribution in [1.29, 1.82) is 0 Å². The number of carbonyl (C=O) groups excluding carboxylic acids is 2. The number of amides is 1. The van der Waals surface area contributed by atoms with Crippen LogP contribution in [0.5, 0.6) is 0 Å². The van der Waals surface area contributed by atoms with Gasteiger partial charge in [0.25, 0.3) is 5.91 Å². The molecule has 0 radical (unpaired) electrons. The first-order valence-corrected chi connectivity index (χ1v) is 9.05. The van der Waals surface area contributed by atoms with Gasteiger partial charge in [0.2, 0.25) is 0 Å². The zero-order chi connectivity index (χ0) is 19.4. The van der Waals surface area contributed by atoms with Crippen LogP contribution in [0.2, 0.25) is 5.02 Å². The van der Waals surface area contributed by atoms with Crippen molar-refractivity contribution in [1.82, 2.24) is 9.88 Å². The van der Waals surface area contributed by atoms with Crippen molar-refractivity contribution in [2.45, 2.75) is 13.5 Å². The maximum Gasteiger partial charge on any atom is 0.310 e. The van der Waals surface area contributed by atoms with Crippen molar-refractivity contribution < 1.29 is 14.3 Å². The normalized spacial score (nSPS) is 12.0. The van der Waals surface area contributed by atoms with Gasteiger partial charge >= 0.3 is 5.97 Å². The number of nitrogens with one attached hydrogen (secondary N) is 1. The fraction of sp³-hybridized carbons (Fsp3) is 0.238. The SMILES string of the molecule is COC(=O)C(C)CN(Cc1ccccc1)C(=O)c1cc2ccc(Cl)cc2[nH]1. The number of ether oxygens (including phenoxy) is 1. The van der Waals surface area contributed by atoms with Gasteiger partial charge in [-0.15, -0.1) is 0 Å². The summed E-state index contributed by atoms with van der Waals surface area (Å²) in [4.78, 5) is 29.8. The maximum absolute atomic E-state index is 13.2. The van der Waals surface area contributed by atoms with E-state index >= 15 is 0 Å². The van der Waals surface area contributed by atoms with E-state index in [1.807, 2.05) is 36.4 Å². The molecule has 2 aromatic carbocycles. The van der Waals surface area contributed by atoms with Gasteiger partial charge in [0, 0.05) is 29.0 Å². The van der Waals surface area contributed by atoms with Crippen molar-refractivity contribution in [2.75, 3.05) is 13.7 Å². The van der Waals surface area contributed by atoms with Crippen molar-refractivity contribution >= 4 is 34.4 Å². The Morgan fingerprint density at radius 2 is 1.89 bits per heavy atom. The van der Waals surface area contributed by atoms with Gasteiger partial charge in [0.05, 0.1) is 13.0 Å². The predicted octanol–water partition coefficient (Wildman–Crippen LogP) is 4.27. The molecule has 0 saturated heterocycles. The van der Waals surface area contributed by atoms with Gasteiger partial charge in [-0.2, -0.15) is 0 Å². The third-order valence-electron chi connectivity index (χ3n) is 4.42. The summed E-state index contributed by atoms with van der Waals surface area (Å²) in [7, 11) is 1.35. The van der Waals surface area contributed by atoms with E-state index in [4.69, 9.17) is 16.3 Å². The molecule has 1 unspecified atom stereocenters. The van der Waals surface area contributed by atoms with Crippen molar-refractivity contribution in [3.05, 3.63) is 70.9 Å². The number of nitrogens with zero attached hydrogens (tertiary/aromatic N) is 1. The minimum Gasteiger partial charge on any atom is -0.469 e. The molecule has 1 aromatic heterocycles. The number of hydrogen-bond donors (Lipinski definition) is 1. The molecule has 27 heavy (non-hydrogen) atoms. The van der Waals surface area contributed by atoms with Gasteiger partial charge < -0.3 is 14.6 Å². The molecule has 0 aliphatic carbocycles. The molecule has 1 amide bonds. The summed E-state index contributed by atoms with van der Waals surface area (Å²) in [6.45, 7) is 2.41. The molecular weight excluding hydrogens is 364 g/mol. The van der Waals surface area contributed by atoms with E-state index in [-0.39, 0.29) is 18.4 Å². The summed E-state index contributed by atoms with van der Waals surface area (Å²) in [5.74, 6) is -0.951. The number of esters is 1. The first kappa shape index (κ1) is 19.0. The second-order valence-corrected chi connectivity index (χ2v) is 6.95. The molecule has 3 rings (SSSR count). The average molecular weight is 385 g/mol.